The van der Waals surface area contributed by atoms with Crippen LogP contribution in [0, 0.1) is 0 Å². The Morgan fingerprint density at radius 1 is 1.14 bits per heavy atom. The smallest absolute Gasteiger partial charge is 0.263 e. The highest BCUT2D eigenvalue weighted by Crippen LogP contribution is 2.46. The van der Waals surface area contributed by atoms with Crippen LogP contribution >= 0.6 is 11.3 Å². The SMILES string of the molecule is COc1cc2c(cc1-c1cccc(CN3CCCCC3)c1)N(c1nc3c(s1)C(=O)NC(C)(C)C3)CCO2. The lowest BCUT2D eigenvalue weighted by atomic mass is 9.94. The van der Waals surface area contributed by atoms with Gasteiger partial charge in [0.2, 0.25) is 0 Å². The maximum absolute atomic E-state index is 12.7. The Labute approximate surface area is 222 Å². The number of carbonyl (C=O) groups is 1. The van der Waals surface area contributed by atoms with E-state index in [1.807, 2.05) is 19.9 Å². The highest BCUT2D eigenvalue weighted by molar-refractivity contribution is 7.17. The standard InChI is InChI=1S/C29H34N4O3S/c1-29(2)17-22-26(27(34)31-29)37-28(30-22)33-12-13-36-25-16-24(35-3)21(15-23(25)33)20-9-7-8-19(14-20)18-32-10-5-4-6-11-32/h7-9,14-16H,4-6,10-13,17-18H2,1-3H3,(H,31,34). The molecule has 2 aromatic carbocycles. The Hall–Kier alpha value is -3.10. The molecule has 0 spiro atoms. The molecule has 8 heteroatoms. The van der Waals surface area contributed by atoms with Gasteiger partial charge in [0, 0.05) is 30.1 Å². The van der Waals surface area contributed by atoms with E-state index in [4.69, 9.17) is 14.5 Å². The van der Waals surface area contributed by atoms with E-state index in [-0.39, 0.29) is 11.4 Å². The van der Waals surface area contributed by atoms with Gasteiger partial charge in [0.15, 0.2) is 5.13 Å². The van der Waals surface area contributed by atoms with Crippen LogP contribution < -0.4 is 19.7 Å². The molecule has 1 amide bonds. The molecule has 1 aromatic heterocycles. The molecule has 0 unspecified atom stereocenters. The Bertz CT molecular complexity index is 1330. The first kappa shape index (κ1) is 24.2. The molecule has 37 heavy (non-hydrogen) atoms. The summed E-state index contributed by atoms with van der Waals surface area (Å²) in [6.45, 7) is 8.61. The molecule has 7 nitrogen and oxygen atoms in total. The second-order valence-corrected chi connectivity index (χ2v) is 11.8. The lowest BCUT2D eigenvalue weighted by Gasteiger charge is -2.30. The number of ether oxygens (including phenoxy) is 2. The summed E-state index contributed by atoms with van der Waals surface area (Å²) in [7, 11) is 1.71. The van der Waals surface area contributed by atoms with Gasteiger partial charge < -0.3 is 19.7 Å². The van der Waals surface area contributed by atoms with E-state index < -0.39 is 0 Å². The third-order valence-corrected chi connectivity index (χ3v) is 8.54. The molecule has 3 aromatic rings. The predicted octanol–water partition coefficient (Wildman–Crippen LogP) is 5.40. The fourth-order valence-electron chi connectivity index (χ4n) is 5.63. The van der Waals surface area contributed by atoms with Gasteiger partial charge in [0.25, 0.3) is 5.91 Å². The number of likely N-dealkylation sites (tertiary alicyclic amines) is 1. The van der Waals surface area contributed by atoms with E-state index in [0.29, 0.717) is 18.0 Å². The van der Waals surface area contributed by atoms with Crippen LogP contribution in [-0.4, -0.2) is 54.7 Å². The van der Waals surface area contributed by atoms with E-state index >= 15 is 0 Å². The normalized spacial score (nSPS) is 19.0. The van der Waals surface area contributed by atoms with E-state index in [2.05, 4.69) is 45.4 Å². The van der Waals surface area contributed by atoms with Crippen molar-refractivity contribution in [2.45, 2.75) is 51.6 Å². The molecule has 1 saturated heterocycles. The fourth-order valence-corrected chi connectivity index (χ4v) is 6.65. The molecule has 0 atom stereocenters. The number of hydrogen-bond acceptors (Lipinski definition) is 7. The maximum Gasteiger partial charge on any atom is 0.263 e. The van der Waals surface area contributed by atoms with Gasteiger partial charge in [-0.2, -0.15) is 0 Å². The molecular weight excluding hydrogens is 484 g/mol. The Morgan fingerprint density at radius 3 is 2.78 bits per heavy atom. The number of aromatic nitrogens is 1. The van der Waals surface area contributed by atoms with Crippen molar-refractivity contribution in [1.82, 2.24) is 15.2 Å². The summed E-state index contributed by atoms with van der Waals surface area (Å²) < 4.78 is 11.9. The number of amides is 1. The molecule has 0 bridgehead atoms. The summed E-state index contributed by atoms with van der Waals surface area (Å²) in [6, 6.07) is 12.9. The van der Waals surface area contributed by atoms with Crippen LogP contribution in [0.5, 0.6) is 11.5 Å². The number of carbonyl (C=O) groups excluding carboxylic acids is 1. The molecule has 4 heterocycles. The van der Waals surface area contributed by atoms with Gasteiger partial charge in [-0.15, -0.1) is 0 Å². The van der Waals surface area contributed by atoms with Crippen molar-refractivity contribution >= 4 is 28.1 Å². The van der Waals surface area contributed by atoms with Crippen LogP contribution in [0.3, 0.4) is 0 Å². The highest BCUT2D eigenvalue weighted by atomic mass is 32.1. The van der Waals surface area contributed by atoms with E-state index in [0.717, 1.165) is 52.1 Å². The fraction of sp³-hybridized carbons (Fsp3) is 0.448. The summed E-state index contributed by atoms with van der Waals surface area (Å²) >= 11 is 1.46. The van der Waals surface area contributed by atoms with Crippen molar-refractivity contribution in [2.24, 2.45) is 0 Å². The first-order valence-electron chi connectivity index (χ1n) is 13.2. The summed E-state index contributed by atoms with van der Waals surface area (Å²) in [5, 5.41) is 3.93. The molecule has 0 aliphatic carbocycles. The Balaban J connectivity index is 1.36. The summed E-state index contributed by atoms with van der Waals surface area (Å²) in [4.78, 5) is 23.1. The van der Waals surface area contributed by atoms with Crippen molar-refractivity contribution < 1.29 is 14.3 Å². The number of piperidine rings is 1. The molecule has 194 valence electrons. The topological polar surface area (TPSA) is 66.9 Å². The van der Waals surface area contributed by atoms with Gasteiger partial charge in [-0.1, -0.05) is 36.0 Å². The highest BCUT2D eigenvalue weighted by Gasteiger charge is 2.35. The molecule has 1 fully saturated rings. The molecule has 0 radical (unpaired) electrons. The van der Waals surface area contributed by atoms with Crippen LogP contribution in [-0.2, 0) is 13.0 Å². The van der Waals surface area contributed by atoms with Crippen LogP contribution in [0.1, 0.15) is 54.0 Å². The quantitative estimate of drug-likeness (QED) is 0.488. The summed E-state index contributed by atoms with van der Waals surface area (Å²) in [5.74, 6) is 1.52. The first-order valence-corrected chi connectivity index (χ1v) is 14.0. The van der Waals surface area contributed by atoms with Gasteiger partial charge in [0.1, 0.15) is 23.0 Å². The number of thiazole rings is 1. The second-order valence-electron chi connectivity index (χ2n) is 10.8. The summed E-state index contributed by atoms with van der Waals surface area (Å²) in [6.07, 6.45) is 4.63. The van der Waals surface area contributed by atoms with Crippen molar-refractivity contribution in [2.75, 3.05) is 38.3 Å². The second kappa shape index (κ2) is 9.65. The van der Waals surface area contributed by atoms with Crippen molar-refractivity contribution in [1.29, 1.82) is 0 Å². The Kier molecular flexibility index (Phi) is 6.32. The summed E-state index contributed by atoms with van der Waals surface area (Å²) in [5.41, 5.74) is 5.00. The zero-order valence-corrected chi connectivity index (χ0v) is 22.6. The third kappa shape index (κ3) is 4.80. The lowest BCUT2D eigenvalue weighted by molar-refractivity contribution is 0.0901. The number of hydrogen-bond donors (Lipinski definition) is 1. The number of nitrogens with one attached hydrogen (secondary N) is 1. The van der Waals surface area contributed by atoms with Crippen molar-refractivity contribution in [3.63, 3.8) is 0 Å². The van der Waals surface area contributed by atoms with Crippen LogP contribution in [0.2, 0.25) is 0 Å². The van der Waals surface area contributed by atoms with Crippen molar-refractivity contribution in [3.05, 3.63) is 52.5 Å². The van der Waals surface area contributed by atoms with E-state index in [9.17, 15) is 4.79 Å². The minimum atomic E-state index is -0.294. The number of anilines is 2. The molecular formula is C29H34N4O3S. The minimum absolute atomic E-state index is 0.0376. The van der Waals surface area contributed by atoms with Gasteiger partial charge >= 0.3 is 0 Å². The van der Waals surface area contributed by atoms with Gasteiger partial charge in [-0.05, 0) is 63.0 Å². The number of benzene rings is 2. The van der Waals surface area contributed by atoms with Crippen LogP contribution in [0.25, 0.3) is 11.1 Å². The number of rotatable bonds is 5. The van der Waals surface area contributed by atoms with E-state index in [1.54, 1.807) is 7.11 Å². The lowest BCUT2D eigenvalue weighted by Crippen LogP contribution is -2.48. The molecule has 6 rings (SSSR count). The van der Waals surface area contributed by atoms with Gasteiger partial charge in [-0.3, -0.25) is 9.69 Å². The predicted molar refractivity (Wildman–Crippen MR) is 147 cm³/mol. The minimum Gasteiger partial charge on any atom is -0.496 e. The number of nitrogens with zero attached hydrogens (tertiary/aromatic N) is 3. The van der Waals surface area contributed by atoms with Gasteiger partial charge in [0.05, 0.1) is 25.0 Å². The molecule has 0 saturated carbocycles. The molecule has 3 aliphatic rings. The van der Waals surface area contributed by atoms with E-state index in [1.165, 1.54) is 49.3 Å². The average molecular weight is 519 g/mol. The molecule has 1 N–H and O–H groups in total. The number of fused-ring (bicyclic) bond motifs is 2. The maximum atomic E-state index is 12.7. The van der Waals surface area contributed by atoms with Crippen molar-refractivity contribution in [3.8, 4) is 22.6 Å². The van der Waals surface area contributed by atoms with Gasteiger partial charge in [-0.25, -0.2) is 4.98 Å². The average Bonchev–Trinajstić information content (AvgIpc) is 3.31. The zero-order valence-electron chi connectivity index (χ0n) is 21.8. The zero-order chi connectivity index (χ0) is 25.6. The third-order valence-electron chi connectivity index (χ3n) is 7.42. The van der Waals surface area contributed by atoms with Crippen LogP contribution in [0.4, 0.5) is 10.8 Å². The molecule has 3 aliphatic heterocycles. The number of methoxy groups -OCH3 is 1. The Morgan fingerprint density at radius 2 is 1.97 bits per heavy atom. The first-order chi connectivity index (χ1) is 17.9. The monoisotopic (exact) mass is 518 g/mol. The van der Waals surface area contributed by atoms with Crippen LogP contribution in [0.15, 0.2) is 36.4 Å². The largest absolute Gasteiger partial charge is 0.496 e.